The third kappa shape index (κ3) is 6.72. The Balaban J connectivity index is 2.00. The van der Waals surface area contributed by atoms with Gasteiger partial charge in [0.2, 0.25) is 0 Å². The van der Waals surface area contributed by atoms with E-state index in [0.717, 1.165) is 12.1 Å². The van der Waals surface area contributed by atoms with Crippen LogP contribution in [0.2, 0.25) is 10.0 Å². The van der Waals surface area contributed by atoms with Gasteiger partial charge in [0.25, 0.3) is 11.6 Å². The van der Waals surface area contributed by atoms with Gasteiger partial charge >= 0.3 is 12.1 Å². The molecule has 0 spiro atoms. The van der Waals surface area contributed by atoms with Gasteiger partial charge in [0.05, 0.1) is 21.2 Å². The molecule has 0 aliphatic heterocycles. The number of amides is 1. The first kappa shape index (κ1) is 24.2. The zero-order valence-electron chi connectivity index (χ0n) is 15.5. The summed E-state index contributed by atoms with van der Waals surface area (Å²) in [6, 6.07) is 6.07. The number of carbonyl (C=O) groups excluding carboxylic acids is 2. The maximum atomic E-state index is 13.1. The lowest BCUT2D eigenvalue weighted by Crippen LogP contribution is -2.30. The van der Waals surface area contributed by atoms with E-state index in [2.05, 4.69) is 0 Å². The molecule has 2 aromatic rings. The van der Waals surface area contributed by atoms with E-state index in [1.807, 2.05) is 5.32 Å². The summed E-state index contributed by atoms with van der Waals surface area (Å²) in [5, 5.41) is 13.1. The number of esters is 1. The first-order chi connectivity index (χ1) is 14.4. The van der Waals surface area contributed by atoms with Crippen LogP contribution in [0.1, 0.15) is 12.5 Å². The van der Waals surface area contributed by atoms with Crippen LogP contribution >= 0.6 is 23.2 Å². The van der Waals surface area contributed by atoms with E-state index in [9.17, 15) is 32.9 Å². The van der Waals surface area contributed by atoms with E-state index >= 15 is 0 Å². The maximum Gasteiger partial charge on any atom is 0.418 e. The lowest BCUT2D eigenvalue weighted by Gasteiger charge is -2.16. The highest BCUT2D eigenvalue weighted by atomic mass is 35.5. The number of anilines is 1. The second kappa shape index (κ2) is 9.84. The highest BCUT2D eigenvalue weighted by Crippen LogP contribution is 2.37. The zero-order valence-corrected chi connectivity index (χ0v) is 17.0. The molecule has 2 rings (SSSR count). The molecule has 0 aromatic heterocycles. The first-order valence-corrected chi connectivity index (χ1v) is 9.08. The number of carbonyl (C=O) groups is 2. The highest BCUT2D eigenvalue weighted by molar-refractivity contribution is 6.35. The number of nitro groups is 1. The number of hydrogen-bond donors (Lipinski definition) is 1. The number of nitrogens with zero attached hydrogens (tertiary/aromatic N) is 1. The Kier molecular flexibility index (Phi) is 7.69. The molecule has 13 heteroatoms. The van der Waals surface area contributed by atoms with Crippen LogP contribution in [0.15, 0.2) is 36.4 Å². The van der Waals surface area contributed by atoms with Crippen molar-refractivity contribution in [3.05, 3.63) is 62.1 Å². The van der Waals surface area contributed by atoms with Crippen LogP contribution in [0.4, 0.5) is 24.5 Å². The lowest BCUT2D eigenvalue weighted by molar-refractivity contribution is -0.385. The predicted molar refractivity (Wildman–Crippen MR) is 104 cm³/mol. The maximum absolute atomic E-state index is 13.1. The summed E-state index contributed by atoms with van der Waals surface area (Å²) < 4.78 is 49.4. The molecule has 0 radical (unpaired) electrons. The van der Waals surface area contributed by atoms with Crippen LogP contribution in [0.25, 0.3) is 0 Å². The van der Waals surface area contributed by atoms with Crippen molar-refractivity contribution in [2.75, 3.05) is 11.9 Å². The van der Waals surface area contributed by atoms with Gasteiger partial charge in [-0.3, -0.25) is 14.9 Å². The highest BCUT2D eigenvalue weighted by Gasteiger charge is 2.35. The molecule has 2 aromatic carbocycles. The Morgan fingerprint density at radius 1 is 1.19 bits per heavy atom. The van der Waals surface area contributed by atoms with Gasteiger partial charge in [-0.25, -0.2) is 4.79 Å². The largest absolute Gasteiger partial charge is 0.477 e. The molecular weight excluding hydrogens is 468 g/mol. The SMILES string of the molecule is CC(Oc1ccc(Cl)cc1Cl)C(=O)OCC(=O)Nc1ccc([N+](=O)[O-])cc1C(F)(F)F. The van der Waals surface area contributed by atoms with Crippen molar-refractivity contribution in [2.45, 2.75) is 19.2 Å². The molecule has 1 unspecified atom stereocenters. The fourth-order valence-electron chi connectivity index (χ4n) is 2.24. The molecule has 1 amide bonds. The van der Waals surface area contributed by atoms with Gasteiger partial charge in [0, 0.05) is 17.2 Å². The van der Waals surface area contributed by atoms with E-state index in [4.69, 9.17) is 32.7 Å². The average molecular weight is 481 g/mol. The number of rotatable bonds is 7. The fourth-order valence-corrected chi connectivity index (χ4v) is 2.69. The number of ether oxygens (including phenoxy) is 2. The minimum absolute atomic E-state index is 0.126. The summed E-state index contributed by atoms with van der Waals surface area (Å²) in [5.41, 5.74) is -2.95. The van der Waals surface area contributed by atoms with Gasteiger partial charge in [-0.05, 0) is 31.2 Å². The number of alkyl halides is 3. The standard InChI is InChI=1S/C18H13Cl2F3N2O6/c1-9(31-15-5-2-10(19)6-13(15)20)17(27)30-8-16(26)24-14-4-3-11(25(28)29)7-12(14)18(21,22)23/h2-7,9H,8H2,1H3,(H,24,26). The zero-order chi connectivity index (χ0) is 23.3. The molecule has 0 saturated carbocycles. The minimum atomic E-state index is -4.97. The number of benzene rings is 2. The third-order valence-electron chi connectivity index (χ3n) is 3.67. The summed E-state index contributed by atoms with van der Waals surface area (Å²) in [6.45, 7) is 0.387. The van der Waals surface area contributed by atoms with Crippen LogP contribution in [0, 0.1) is 10.1 Å². The van der Waals surface area contributed by atoms with E-state index < -0.39 is 52.6 Å². The molecule has 31 heavy (non-hydrogen) atoms. The van der Waals surface area contributed by atoms with Gasteiger partial charge < -0.3 is 14.8 Å². The summed E-state index contributed by atoms with van der Waals surface area (Å²) in [4.78, 5) is 33.6. The lowest BCUT2D eigenvalue weighted by atomic mass is 10.1. The molecule has 0 aliphatic carbocycles. The summed E-state index contributed by atoms with van der Waals surface area (Å²) in [5.74, 6) is -1.95. The topological polar surface area (TPSA) is 108 Å². The number of nitro benzene ring substituents is 1. The van der Waals surface area contributed by atoms with Crippen LogP contribution < -0.4 is 10.1 Å². The number of hydrogen-bond acceptors (Lipinski definition) is 6. The van der Waals surface area contributed by atoms with Gasteiger partial charge in [-0.1, -0.05) is 23.2 Å². The van der Waals surface area contributed by atoms with E-state index in [-0.39, 0.29) is 16.8 Å². The molecule has 166 valence electrons. The summed E-state index contributed by atoms with van der Waals surface area (Å²) >= 11 is 11.7. The van der Waals surface area contributed by atoms with Gasteiger partial charge in [0.1, 0.15) is 5.75 Å². The van der Waals surface area contributed by atoms with Crippen molar-refractivity contribution in [2.24, 2.45) is 0 Å². The van der Waals surface area contributed by atoms with Crippen LogP contribution in [0.5, 0.6) is 5.75 Å². The third-order valence-corrected chi connectivity index (χ3v) is 4.20. The molecule has 0 aliphatic rings. The van der Waals surface area contributed by atoms with Crippen molar-refractivity contribution in [3.63, 3.8) is 0 Å². The Morgan fingerprint density at radius 2 is 1.87 bits per heavy atom. The number of non-ortho nitro benzene ring substituents is 1. The van der Waals surface area contributed by atoms with Crippen LogP contribution in [0.3, 0.4) is 0 Å². The second-order valence-electron chi connectivity index (χ2n) is 5.98. The molecular formula is C18H13Cl2F3N2O6. The van der Waals surface area contributed by atoms with Crippen molar-refractivity contribution in [1.82, 2.24) is 0 Å². The van der Waals surface area contributed by atoms with Gasteiger partial charge in [-0.2, -0.15) is 13.2 Å². The summed E-state index contributed by atoms with van der Waals surface area (Å²) in [6.07, 6.45) is -6.16. The molecule has 0 fully saturated rings. The first-order valence-electron chi connectivity index (χ1n) is 8.32. The van der Waals surface area contributed by atoms with Crippen LogP contribution in [-0.2, 0) is 20.5 Å². The molecule has 1 N–H and O–H groups in total. The molecule has 0 heterocycles. The fraction of sp³-hybridized carbons (Fsp3) is 0.222. The average Bonchev–Trinajstić information content (AvgIpc) is 2.67. The number of nitrogens with one attached hydrogen (secondary N) is 1. The molecule has 1 atom stereocenters. The van der Waals surface area contributed by atoms with Crippen molar-refractivity contribution >= 4 is 46.5 Å². The van der Waals surface area contributed by atoms with Gasteiger partial charge in [-0.15, -0.1) is 0 Å². The minimum Gasteiger partial charge on any atom is -0.477 e. The molecule has 0 bridgehead atoms. The smallest absolute Gasteiger partial charge is 0.418 e. The van der Waals surface area contributed by atoms with Crippen LogP contribution in [-0.4, -0.2) is 29.5 Å². The normalized spacial score (nSPS) is 12.1. The number of halogens is 5. The second-order valence-corrected chi connectivity index (χ2v) is 6.82. The Hall–Kier alpha value is -3.05. The summed E-state index contributed by atoms with van der Waals surface area (Å²) in [7, 11) is 0. The van der Waals surface area contributed by atoms with Crippen molar-refractivity contribution < 1.29 is 37.2 Å². The quantitative estimate of drug-likeness (QED) is 0.344. The predicted octanol–water partition coefficient (Wildman–Crippen LogP) is 4.87. The van der Waals surface area contributed by atoms with Gasteiger partial charge in [0.15, 0.2) is 12.7 Å². The van der Waals surface area contributed by atoms with E-state index in [1.165, 1.54) is 25.1 Å². The Morgan fingerprint density at radius 3 is 2.45 bits per heavy atom. The van der Waals surface area contributed by atoms with Crippen molar-refractivity contribution in [1.29, 1.82) is 0 Å². The van der Waals surface area contributed by atoms with Crippen molar-refractivity contribution in [3.8, 4) is 5.75 Å². The van der Waals surface area contributed by atoms with E-state index in [0.29, 0.717) is 5.02 Å². The Bertz CT molecular complexity index is 1020. The monoisotopic (exact) mass is 480 g/mol. The molecule has 0 saturated heterocycles. The Labute approximate surface area is 183 Å². The molecule has 8 nitrogen and oxygen atoms in total. The van der Waals surface area contributed by atoms with E-state index in [1.54, 1.807) is 0 Å².